The maximum Gasteiger partial charge on any atom is 0.471 e. The van der Waals surface area contributed by atoms with Crippen molar-refractivity contribution in [3.8, 4) is 34.8 Å². The molecule has 1 amide bonds. The number of nitriles is 1. The molecule has 7 atom stereocenters. The number of alkyl halides is 3. The van der Waals surface area contributed by atoms with Crippen molar-refractivity contribution in [3.05, 3.63) is 52.1 Å². The number of fused-ring (bicyclic) bond motifs is 9. The van der Waals surface area contributed by atoms with E-state index in [4.69, 9.17) is 23.7 Å². The molecular weight excluding hydrogens is 709 g/mol. The number of aryl methyl sites for hydroxylation is 1. The number of thioether (sulfide) groups is 1. The first-order chi connectivity index (χ1) is 24.7. The average molecular weight is 745 g/mol. The highest BCUT2D eigenvalue weighted by atomic mass is 32.2. The summed E-state index contributed by atoms with van der Waals surface area (Å²) in [4.78, 5) is 42.3. The Kier molecular flexibility index (Phi) is 8.99. The van der Waals surface area contributed by atoms with Gasteiger partial charge in [-0.3, -0.25) is 19.4 Å². The number of hydrogen-bond acceptors (Lipinski definition) is 13. The predicted octanol–water partition coefficient (Wildman–Crippen LogP) is 3.83. The van der Waals surface area contributed by atoms with Crippen LogP contribution in [0.4, 0.5) is 13.2 Å². The number of carbonyl (C=O) groups excluding carboxylic acids is 3. The first-order valence-corrected chi connectivity index (χ1v) is 17.5. The number of methoxy groups -OCH3 is 1. The topological polar surface area (TPSA) is 160 Å². The van der Waals surface area contributed by atoms with Gasteiger partial charge < -0.3 is 34.1 Å². The minimum atomic E-state index is -5.27. The second-order valence-electron chi connectivity index (χ2n) is 13.2. The molecule has 5 aliphatic rings. The first-order valence-electron chi connectivity index (χ1n) is 16.5. The number of nitrogens with zero attached hydrogens (tertiary/aromatic N) is 3. The second kappa shape index (κ2) is 13.1. The minimum Gasteiger partial charge on any atom is -0.504 e. The second-order valence-corrected chi connectivity index (χ2v) is 14.4. The zero-order valence-corrected chi connectivity index (χ0v) is 29.4. The molecule has 276 valence electrons. The van der Waals surface area contributed by atoms with E-state index in [1.165, 1.54) is 14.0 Å². The summed E-state index contributed by atoms with van der Waals surface area (Å²) in [6, 6.07) is -1.11. The van der Waals surface area contributed by atoms with Crippen molar-refractivity contribution in [2.45, 2.75) is 74.9 Å². The third kappa shape index (κ3) is 5.41. The summed E-state index contributed by atoms with van der Waals surface area (Å²) in [5, 5.41) is 23.8. The number of benzene rings is 2. The Bertz CT molecular complexity index is 1930. The Hall–Kier alpha value is -4.66. The average Bonchev–Trinajstić information content (AvgIpc) is 3.57. The van der Waals surface area contributed by atoms with Gasteiger partial charge in [-0.05, 0) is 31.4 Å². The first kappa shape index (κ1) is 35.7. The summed E-state index contributed by atoms with van der Waals surface area (Å²) in [6.45, 7) is 8.31. The molecule has 2 N–H and O–H groups in total. The van der Waals surface area contributed by atoms with Gasteiger partial charge in [0.25, 0.3) is 0 Å². The third-order valence-corrected chi connectivity index (χ3v) is 11.8. The van der Waals surface area contributed by atoms with E-state index in [9.17, 15) is 37.9 Å². The number of carbonyl (C=O) groups is 3. The molecule has 13 nitrogen and oxygen atoms in total. The van der Waals surface area contributed by atoms with Crippen LogP contribution >= 0.6 is 11.8 Å². The van der Waals surface area contributed by atoms with Crippen molar-refractivity contribution in [2.75, 3.05) is 32.8 Å². The molecule has 17 heteroatoms. The highest BCUT2D eigenvalue weighted by Crippen LogP contribution is 2.64. The number of piperazine rings is 1. The van der Waals surface area contributed by atoms with Gasteiger partial charge in [0.2, 0.25) is 6.79 Å². The number of amides is 1. The van der Waals surface area contributed by atoms with Crippen LogP contribution in [0.1, 0.15) is 57.6 Å². The van der Waals surface area contributed by atoms with Crippen molar-refractivity contribution in [1.29, 1.82) is 5.26 Å². The number of phenolic OH excluding ortho intramolecular Hbond substituents is 1. The smallest absolute Gasteiger partial charge is 0.471 e. The summed E-state index contributed by atoms with van der Waals surface area (Å²) in [6.07, 6.45) is -3.23. The largest absolute Gasteiger partial charge is 0.504 e. The Morgan fingerprint density at radius 2 is 1.92 bits per heavy atom. The Labute approximate surface area is 300 Å². The van der Waals surface area contributed by atoms with Gasteiger partial charge >= 0.3 is 24.0 Å². The Balaban J connectivity index is 1.53. The molecule has 7 rings (SSSR count). The molecule has 52 heavy (non-hydrogen) atoms. The van der Waals surface area contributed by atoms with Crippen LogP contribution in [-0.4, -0.2) is 95.9 Å². The van der Waals surface area contributed by atoms with Crippen molar-refractivity contribution in [1.82, 2.24) is 15.1 Å². The van der Waals surface area contributed by atoms with Crippen LogP contribution in [0.5, 0.6) is 28.7 Å². The van der Waals surface area contributed by atoms with Crippen LogP contribution in [0.15, 0.2) is 18.7 Å². The standard InChI is InChI=1S/C35H35F3N4O9S/c1-6-7-41-19-9-17-8-14(2)28(47-5)27(44)22(17)25(41)26-32-24-23(31-30(49-13-50-31)15(3)29(24)51-16(4)43)21(42(26)20(19)10-39)11-48-33(45)18(12-52-32)40-34(46)35(36,37)38/h6,8,18-21,25-26,32,44H,1,7,9,11-13H2,2-5H3,(H,40,46)/t18?,19?,20-,21-,25?,26+,32+/m0/s1. The molecule has 0 radical (unpaired) electrons. The third-order valence-electron chi connectivity index (χ3n) is 10.4. The molecule has 0 spiro atoms. The quantitative estimate of drug-likeness (QED) is 0.259. The minimum absolute atomic E-state index is 0.104. The summed E-state index contributed by atoms with van der Waals surface area (Å²) < 4.78 is 69.5. The van der Waals surface area contributed by atoms with Crippen LogP contribution < -0.4 is 24.3 Å². The van der Waals surface area contributed by atoms with Crippen LogP contribution in [-0.2, 0) is 25.5 Å². The molecule has 5 heterocycles. The van der Waals surface area contributed by atoms with Crippen molar-refractivity contribution in [3.63, 3.8) is 0 Å². The molecule has 5 aliphatic heterocycles. The highest BCUT2D eigenvalue weighted by molar-refractivity contribution is 7.99. The maximum atomic E-state index is 13.4. The maximum absolute atomic E-state index is 13.4. The lowest BCUT2D eigenvalue weighted by atomic mass is 9.71. The van der Waals surface area contributed by atoms with E-state index in [0.717, 1.165) is 17.3 Å². The van der Waals surface area contributed by atoms with E-state index in [1.54, 1.807) is 25.2 Å². The molecule has 2 fully saturated rings. The number of esters is 2. The number of halogens is 3. The van der Waals surface area contributed by atoms with E-state index < -0.39 is 77.9 Å². The summed E-state index contributed by atoms with van der Waals surface area (Å²) in [5.74, 6) is -3.60. The number of rotatable bonds is 5. The van der Waals surface area contributed by atoms with Crippen molar-refractivity contribution < 1.29 is 56.3 Å². The van der Waals surface area contributed by atoms with Gasteiger partial charge in [0, 0.05) is 53.6 Å². The number of cyclic esters (lactones) is 1. The Morgan fingerprint density at radius 1 is 1.19 bits per heavy atom. The summed E-state index contributed by atoms with van der Waals surface area (Å²) in [5.41, 5.74) is 3.30. The van der Waals surface area contributed by atoms with E-state index in [0.29, 0.717) is 45.7 Å². The molecule has 3 unspecified atom stereocenters. The number of aromatic hydroxyl groups is 1. The monoisotopic (exact) mass is 744 g/mol. The molecule has 0 saturated carbocycles. The van der Waals surface area contributed by atoms with Crippen LogP contribution in [0, 0.1) is 25.2 Å². The van der Waals surface area contributed by atoms with Gasteiger partial charge in [-0.15, -0.1) is 18.3 Å². The predicted molar refractivity (Wildman–Crippen MR) is 177 cm³/mol. The molecule has 2 aromatic carbocycles. The summed E-state index contributed by atoms with van der Waals surface area (Å²) >= 11 is 1.03. The fourth-order valence-corrected chi connectivity index (χ4v) is 10.1. The zero-order valence-electron chi connectivity index (χ0n) is 28.5. The number of phenols is 1. The zero-order chi connectivity index (χ0) is 37.4. The fraction of sp³-hybridized carbons (Fsp3) is 0.486. The Morgan fingerprint density at radius 3 is 2.58 bits per heavy atom. The van der Waals surface area contributed by atoms with Crippen molar-refractivity contribution in [2.24, 2.45) is 0 Å². The lowest BCUT2D eigenvalue weighted by Crippen LogP contribution is -2.70. The number of ether oxygens (including phenoxy) is 5. The highest BCUT2D eigenvalue weighted by Gasteiger charge is 2.61. The lowest BCUT2D eigenvalue weighted by molar-refractivity contribution is -0.176. The summed E-state index contributed by atoms with van der Waals surface area (Å²) in [7, 11) is 1.44. The molecular formula is C35H35F3N4O9S. The van der Waals surface area contributed by atoms with Gasteiger partial charge in [-0.1, -0.05) is 12.1 Å². The van der Waals surface area contributed by atoms with Gasteiger partial charge in [0.1, 0.15) is 24.4 Å². The lowest BCUT2D eigenvalue weighted by Gasteiger charge is -2.62. The molecule has 2 aromatic rings. The molecule has 2 saturated heterocycles. The number of hydrogen-bond donors (Lipinski definition) is 2. The van der Waals surface area contributed by atoms with E-state index >= 15 is 0 Å². The molecule has 4 bridgehead atoms. The van der Waals surface area contributed by atoms with E-state index in [2.05, 4.69) is 17.5 Å². The molecule has 0 aromatic heterocycles. The van der Waals surface area contributed by atoms with Crippen molar-refractivity contribution >= 4 is 29.6 Å². The van der Waals surface area contributed by atoms with E-state index in [-0.39, 0.29) is 30.6 Å². The van der Waals surface area contributed by atoms with Gasteiger partial charge in [0.05, 0.1) is 30.5 Å². The molecule has 0 aliphatic carbocycles. The van der Waals surface area contributed by atoms with Crippen LogP contribution in [0.3, 0.4) is 0 Å². The number of nitrogens with one attached hydrogen (secondary N) is 1. The van der Waals surface area contributed by atoms with Crippen LogP contribution in [0.25, 0.3) is 0 Å². The van der Waals surface area contributed by atoms with Gasteiger partial charge in [0.15, 0.2) is 23.0 Å². The van der Waals surface area contributed by atoms with Crippen LogP contribution in [0.2, 0.25) is 0 Å². The normalized spacial score (nSPS) is 27.7. The van der Waals surface area contributed by atoms with E-state index in [1.807, 2.05) is 11.0 Å². The van der Waals surface area contributed by atoms with Gasteiger partial charge in [-0.2, -0.15) is 18.4 Å². The SMILES string of the molecule is C=CCN1C2c3c(cc(C)c(OC)c3O)CC1[C@H](C#N)N1[C@H]2[C@@H]2SCC(NC(=O)C(F)(F)F)C(=O)OC[C@H]1c1c3c(c(C)c(OC(C)=O)c12)OCO3. The van der Waals surface area contributed by atoms with Gasteiger partial charge in [-0.25, -0.2) is 4.79 Å². The fourth-order valence-electron chi connectivity index (χ4n) is 8.56.